The summed E-state index contributed by atoms with van der Waals surface area (Å²) < 4.78 is 0. The van der Waals surface area contributed by atoms with Crippen LogP contribution in [0.4, 0.5) is 0 Å². The molecule has 2 rings (SSSR count). The van der Waals surface area contributed by atoms with Crippen molar-refractivity contribution in [1.29, 1.82) is 0 Å². The Hall–Kier alpha value is -1.48. The topological polar surface area (TPSA) is 51.8 Å². The van der Waals surface area contributed by atoms with Gasteiger partial charge in [0.1, 0.15) is 0 Å². The minimum atomic E-state index is 0.508. The molecule has 1 heterocycles. The number of aryl methyl sites for hydroxylation is 2. The highest BCUT2D eigenvalue weighted by Gasteiger charge is 2.04. The number of para-hydroxylation sites is 1. The van der Waals surface area contributed by atoms with E-state index in [0.29, 0.717) is 6.54 Å². The zero-order chi connectivity index (χ0) is 10.1. The summed E-state index contributed by atoms with van der Waals surface area (Å²) in [6, 6.07) is 5.92. The molecule has 2 aromatic rings. The third-order valence-corrected chi connectivity index (χ3v) is 2.41. The smallest absolute Gasteiger partial charge is 0.0935 e. The van der Waals surface area contributed by atoms with Crippen molar-refractivity contribution in [3.63, 3.8) is 0 Å². The van der Waals surface area contributed by atoms with E-state index in [-0.39, 0.29) is 0 Å². The average molecular weight is 187 g/mol. The van der Waals surface area contributed by atoms with E-state index in [0.717, 1.165) is 28.0 Å². The summed E-state index contributed by atoms with van der Waals surface area (Å²) in [5.41, 5.74) is 10.5. The van der Waals surface area contributed by atoms with Gasteiger partial charge < -0.3 is 5.73 Å². The van der Waals surface area contributed by atoms with Gasteiger partial charge in [0, 0.05) is 6.54 Å². The molecule has 72 valence electrons. The Labute approximate surface area is 83.0 Å². The maximum absolute atomic E-state index is 5.64. The first kappa shape index (κ1) is 9.09. The molecule has 3 nitrogen and oxygen atoms in total. The Morgan fingerprint density at radius 3 is 2.57 bits per heavy atom. The van der Waals surface area contributed by atoms with Crippen LogP contribution in [-0.4, -0.2) is 9.97 Å². The third-order valence-electron chi connectivity index (χ3n) is 2.41. The van der Waals surface area contributed by atoms with E-state index in [2.05, 4.69) is 9.97 Å². The minimum absolute atomic E-state index is 0.508. The standard InChI is InChI=1S/C11H13N3/c1-7-8(2)14-11-9(6-12)4-3-5-10(11)13-7/h3-5H,6,12H2,1-2H3. The van der Waals surface area contributed by atoms with Gasteiger partial charge in [-0.2, -0.15) is 0 Å². The molecule has 3 heteroatoms. The number of nitrogens with zero attached hydrogens (tertiary/aromatic N) is 2. The lowest BCUT2D eigenvalue weighted by Gasteiger charge is -2.05. The van der Waals surface area contributed by atoms with E-state index in [9.17, 15) is 0 Å². The Morgan fingerprint density at radius 1 is 1.14 bits per heavy atom. The van der Waals surface area contributed by atoms with Crippen LogP contribution in [-0.2, 0) is 6.54 Å². The van der Waals surface area contributed by atoms with E-state index in [1.54, 1.807) is 0 Å². The molecule has 0 bridgehead atoms. The van der Waals surface area contributed by atoms with Crippen molar-refractivity contribution in [2.45, 2.75) is 20.4 Å². The van der Waals surface area contributed by atoms with Crippen LogP contribution in [0, 0.1) is 13.8 Å². The van der Waals surface area contributed by atoms with Crippen molar-refractivity contribution in [3.05, 3.63) is 35.2 Å². The predicted octanol–water partition coefficient (Wildman–Crippen LogP) is 1.71. The second-order valence-electron chi connectivity index (χ2n) is 3.38. The zero-order valence-corrected chi connectivity index (χ0v) is 8.41. The van der Waals surface area contributed by atoms with Crippen LogP contribution >= 0.6 is 0 Å². The summed E-state index contributed by atoms with van der Waals surface area (Å²) >= 11 is 0. The van der Waals surface area contributed by atoms with E-state index in [4.69, 9.17) is 5.73 Å². The summed E-state index contributed by atoms with van der Waals surface area (Å²) in [6.07, 6.45) is 0. The largest absolute Gasteiger partial charge is 0.326 e. The van der Waals surface area contributed by atoms with Crippen molar-refractivity contribution in [1.82, 2.24) is 9.97 Å². The molecule has 0 saturated carbocycles. The molecule has 1 aromatic carbocycles. The third kappa shape index (κ3) is 1.36. The van der Waals surface area contributed by atoms with Crippen LogP contribution in [0.25, 0.3) is 11.0 Å². The Balaban J connectivity index is 2.81. The highest BCUT2D eigenvalue weighted by Crippen LogP contribution is 2.16. The van der Waals surface area contributed by atoms with E-state index in [1.165, 1.54) is 0 Å². The lowest BCUT2D eigenvalue weighted by molar-refractivity contribution is 1.05. The van der Waals surface area contributed by atoms with Gasteiger partial charge >= 0.3 is 0 Å². The quantitative estimate of drug-likeness (QED) is 0.739. The van der Waals surface area contributed by atoms with Gasteiger partial charge in [-0.1, -0.05) is 12.1 Å². The van der Waals surface area contributed by atoms with Crippen LogP contribution in [0.5, 0.6) is 0 Å². The maximum atomic E-state index is 5.64. The number of nitrogens with two attached hydrogens (primary N) is 1. The van der Waals surface area contributed by atoms with Gasteiger partial charge in [0.15, 0.2) is 0 Å². The molecule has 0 aliphatic carbocycles. The SMILES string of the molecule is Cc1nc2cccc(CN)c2nc1C. The summed E-state index contributed by atoms with van der Waals surface area (Å²) in [6.45, 7) is 4.44. The second kappa shape index (κ2) is 3.35. The summed E-state index contributed by atoms with van der Waals surface area (Å²) in [5.74, 6) is 0. The average Bonchev–Trinajstić information content (AvgIpc) is 2.19. The van der Waals surface area contributed by atoms with Gasteiger partial charge in [0.25, 0.3) is 0 Å². The molecule has 0 spiro atoms. The Morgan fingerprint density at radius 2 is 1.86 bits per heavy atom. The summed E-state index contributed by atoms with van der Waals surface area (Å²) in [4.78, 5) is 8.97. The number of benzene rings is 1. The lowest BCUT2D eigenvalue weighted by Crippen LogP contribution is -2.01. The lowest BCUT2D eigenvalue weighted by atomic mass is 10.1. The molecule has 1 aromatic heterocycles. The molecule has 0 atom stereocenters. The number of fused-ring (bicyclic) bond motifs is 1. The van der Waals surface area contributed by atoms with Gasteiger partial charge in [0.2, 0.25) is 0 Å². The normalized spacial score (nSPS) is 10.8. The van der Waals surface area contributed by atoms with Crippen molar-refractivity contribution in [2.24, 2.45) is 5.73 Å². The van der Waals surface area contributed by atoms with Crippen molar-refractivity contribution in [2.75, 3.05) is 0 Å². The van der Waals surface area contributed by atoms with Crippen LogP contribution < -0.4 is 5.73 Å². The van der Waals surface area contributed by atoms with Gasteiger partial charge in [-0.15, -0.1) is 0 Å². The molecule has 0 radical (unpaired) electrons. The molecule has 0 aliphatic rings. The number of hydrogen-bond acceptors (Lipinski definition) is 3. The number of aromatic nitrogens is 2. The molecule has 14 heavy (non-hydrogen) atoms. The highest BCUT2D eigenvalue weighted by molar-refractivity contribution is 5.78. The molecule has 0 saturated heterocycles. The fourth-order valence-corrected chi connectivity index (χ4v) is 1.47. The molecule has 0 amide bonds. The van der Waals surface area contributed by atoms with Crippen LogP contribution in [0.2, 0.25) is 0 Å². The van der Waals surface area contributed by atoms with Crippen LogP contribution in [0.15, 0.2) is 18.2 Å². The summed E-state index contributed by atoms with van der Waals surface area (Å²) in [5, 5.41) is 0. The first-order chi connectivity index (χ1) is 6.72. The van der Waals surface area contributed by atoms with Gasteiger partial charge in [0.05, 0.1) is 22.4 Å². The van der Waals surface area contributed by atoms with Crippen LogP contribution in [0.3, 0.4) is 0 Å². The number of hydrogen-bond donors (Lipinski definition) is 1. The minimum Gasteiger partial charge on any atom is -0.326 e. The van der Waals surface area contributed by atoms with Gasteiger partial charge in [-0.3, -0.25) is 0 Å². The first-order valence-corrected chi connectivity index (χ1v) is 4.65. The van der Waals surface area contributed by atoms with Gasteiger partial charge in [-0.05, 0) is 25.5 Å². The van der Waals surface area contributed by atoms with Crippen molar-refractivity contribution < 1.29 is 0 Å². The first-order valence-electron chi connectivity index (χ1n) is 4.65. The highest BCUT2D eigenvalue weighted by atomic mass is 14.8. The monoisotopic (exact) mass is 187 g/mol. The number of rotatable bonds is 1. The Bertz CT molecular complexity index is 477. The Kier molecular flexibility index (Phi) is 2.17. The van der Waals surface area contributed by atoms with E-state index in [1.807, 2.05) is 32.0 Å². The molecular weight excluding hydrogens is 174 g/mol. The second-order valence-corrected chi connectivity index (χ2v) is 3.38. The van der Waals surface area contributed by atoms with Gasteiger partial charge in [-0.25, -0.2) is 9.97 Å². The molecular formula is C11H13N3. The zero-order valence-electron chi connectivity index (χ0n) is 8.41. The van der Waals surface area contributed by atoms with Crippen molar-refractivity contribution >= 4 is 11.0 Å². The van der Waals surface area contributed by atoms with Crippen LogP contribution in [0.1, 0.15) is 17.0 Å². The predicted molar refractivity (Wildman–Crippen MR) is 56.9 cm³/mol. The van der Waals surface area contributed by atoms with E-state index >= 15 is 0 Å². The van der Waals surface area contributed by atoms with Crippen molar-refractivity contribution in [3.8, 4) is 0 Å². The van der Waals surface area contributed by atoms with E-state index < -0.39 is 0 Å². The molecule has 0 unspecified atom stereocenters. The summed E-state index contributed by atoms with van der Waals surface area (Å²) in [7, 11) is 0. The molecule has 0 fully saturated rings. The molecule has 2 N–H and O–H groups in total. The maximum Gasteiger partial charge on any atom is 0.0935 e. The fourth-order valence-electron chi connectivity index (χ4n) is 1.47. The molecule has 0 aliphatic heterocycles. The fraction of sp³-hybridized carbons (Fsp3) is 0.273.